The Morgan fingerprint density at radius 2 is 1.71 bits per heavy atom. The third-order valence-corrected chi connectivity index (χ3v) is 5.87. The summed E-state index contributed by atoms with van der Waals surface area (Å²) in [6, 6.07) is 25.3. The molecule has 1 atom stereocenters. The van der Waals surface area contributed by atoms with Gasteiger partial charge in [0.05, 0.1) is 13.2 Å². The standard InChI is InChI=1S/C26H26N2O2.ClH/c1-29-25-16-19(11-12-24(25)30-17-18-7-3-2-4-8-18)15-23-26-21(13-14-27-23)20-9-5-6-10-22(20)28-26;/h2-12,16,23,27-28H,13-15,17H2,1H3;1H. The van der Waals surface area contributed by atoms with Gasteiger partial charge in [-0.1, -0.05) is 54.6 Å². The predicted molar refractivity (Wildman–Crippen MR) is 127 cm³/mol. The molecule has 4 aromatic rings. The van der Waals surface area contributed by atoms with E-state index >= 15 is 0 Å². The second-order valence-corrected chi connectivity index (χ2v) is 7.78. The number of aromatic nitrogens is 1. The van der Waals surface area contributed by atoms with Crippen molar-refractivity contribution < 1.29 is 9.47 Å². The molecule has 4 nitrogen and oxygen atoms in total. The van der Waals surface area contributed by atoms with Gasteiger partial charge in [-0.05, 0) is 54.3 Å². The maximum atomic E-state index is 6.01. The van der Waals surface area contributed by atoms with Gasteiger partial charge in [-0.25, -0.2) is 0 Å². The second-order valence-electron chi connectivity index (χ2n) is 7.78. The molecule has 3 aromatic carbocycles. The minimum atomic E-state index is 0. The lowest BCUT2D eigenvalue weighted by atomic mass is 9.94. The van der Waals surface area contributed by atoms with Crippen LogP contribution >= 0.6 is 12.4 Å². The lowest BCUT2D eigenvalue weighted by Gasteiger charge is -2.25. The van der Waals surface area contributed by atoms with E-state index in [-0.39, 0.29) is 18.4 Å². The van der Waals surface area contributed by atoms with Crippen LogP contribution in [0.25, 0.3) is 10.9 Å². The van der Waals surface area contributed by atoms with Crippen molar-refractivity contribution in [1.82, 2.24) is 10.3 Å². The zero-order valence-electron chi connectivity index (χ0n) is 17.6. The summed E-state index contributed by atoms with van der Waals surface area (Å²) in [5.41, 5.74) is 6.35. The van der Waals surface area contributed by atoms with Crippen LogP contribution in [0.15, 0.2) is 72.8 Å². The fraction of sp³-hybridized carbons (Fsp3) is 0.231. The number of nitrogens with one attached hydrogen (secondary N) is 2. The quantitative estimate of drug-likeness (QED) is 0.414. The molecule has 2 N–H and O–H groups in total. The minimum absolute atomic E-state index is 0. The second kappa shape index (κ2) is 9.46. The fourth-order valence-electron chi connectivity index (χ4n) is 4.36. The number of para-hydroxylation sites is 1. The Kier molecular flexibility index (Phi) is 6.50. The van der Waals surface area contributed by atoms with Crippen LogP contribution in [0, 0.1) is 0 Å². The van der Waals surface area contributed by atoms with Gasteiger partial charge in [0.2, 0.25) is 0 Å². The maximum absolute atomic E-state index is 6.01. The van der Waals surface area contributed by atoms with E-state index in [4.69, 9.17) is 9.47 Å². The molecule has 0 saturated carbocycles. The highest BCUT2D eigenvalue weighted by Gasteiger charge is 2.24. The molecule has 0 radical (unpaired) electrons. The van der Waals surface area contributed by atoms with Gasteiger partial charge < -0.3 is 19.8 Å². The number of hydrogen-bond acceptors (Lipinski definition) is 3. The van der Waals surface area contributed by atoms with E-state index in [0.29, 0.717) is 6.61 Å². The SMILES string of the molecule is COc1cc(CC2NCCc3c2[nH]c2ccccc32)ccc1OCc1ccccc1.Cl. The monoisotopic (exact) mass is 434 g/mol. The van der Waals surface area contributed by atoms with Crippen molar-refractivity contribution in [1.29, 1.82) is 0 Å². The first kappa shape index (κ1) is 21.3. The number of benzene rings is 3. The number of halogens is 1. The van der Waals surface area contributed by atoms with E-state index in [9.17, 15) is 0 Å². The third-order valence-electron chi connectivity index (χ3n) is 5.87. The average Bonchev–Trinajstić information content (AvgIpc) is 3.19. The molecule has 1 aromatic heterocycles. The molecule has 0 aliphatic carbocycles. The van der Waals surface area contributed by atoms with Crippen LogP contribution in [-0.4, -0.2) is 18.6 Å². The Hall–Kier alpha value is -2.95. The summed E-state index contributed by atoms with van der Waals surface area (Å²) in [7, 11) is 1.70. The summed E-state index contributed by atoms with van der Waals surface area (Å²) in [5, 5.41) is 5.03. The first-order chi connectivity index (χ1) is 14.8. The van der Waals surface area contributed by atoms with E-state index in [1.54, 1.807) is 7.11 Å². The maximum Gasteiger partial charge on any atom is 0.161 e. The van der Waals surface area contributed by atoms with Gasteiger partial charge in [-0.2, -0.15) is 0 Å². The van der Waals surface area contributed by atoms with Crippen LogP contribution in [0.2, 0.25) is 0 Å². The Morgan fingerprint density at radius 1 is 0.903 bits per heavy atom. The molecule has 0 bridgehead atoms. The average molecular weight is 435 g/mol. The molecule has 0 saturated heterocycles. The summed E-state index contributed by atoms with van der Waals surface area (Å²) < 4.78 is 11.6. The fourth-order valence-corrected chi connectivity index (χ4v) is 4.36. The topological polar surface area (TPSA) is 46.3 Å². The zero-order chi connectivity index (χ0) is 20.3. The van der Waals surface area contributed by atoms with E-state index < -0.39 is 0 Å². The van der Waals surface area contributed by atoms with E-state index in [1.807, 2.05) is 24.3 Å². The molecular weight excluding hydrogens is 408 g/mol. The smallest absolute Gasteiger partial charge is 0.161 e. The molecule has 160 valence electrons. The Balaban J connectivity index is 0.00000231. The van der Waals surface area contributed by atoms with Crippen LogP contribution in [-0.2, 0) is 19.4 Å². The van der Waals surface area contributed by atoms with Crippen molar-refractivity contribution in [2.24, 2.45) is 0 Å². The van der Waals surface area contributed by atoms with E-state index in [2.05, 4.69) is 58.8 Å². The highest BCUT2D eigenvalue weighted by atomic mass is 35.5. The van der Waals surface area contributed by atoms with Gasteiger partial charge in [-0.3, -0.25) is 0 Å². The summed E-state index contributed by atoms with van der Waals surface area (Å²) in [6.45, 7) is 1.52. The van der Waals surface area contributed by atoms with Crippen molar-refractivity contribution in [2.45, 2.75) is 25.5 Å². The van der Waals surface area contributed by atoms with Gasteiger partial charge in [0.25, 0.3) is 0 Å². The summed E-state index contributed by atoms with van der Waals surface area (Å²) in [6.07, 6.45) is 1.96. The summed E-state index contributed by atoms with van der Waals surface area (Å²) in [4.78, 5) is 3.65. The number of ether oxygens (including phenoxy) is 2. The molecule has 0 fully saturated rings. The number of H-pyrrole nitrogens is 1. The van der Waals surface area contributed by atoms with Crippen molar-refractivity contribution in [2.75, 3.05) is 13.7 Å². The van der Waals surface area contributed by atoms with Crippen molar-refractivity contribution in [3.05, 3.63) is 95.2 Å². The number of methoxy groups -OCH3 is 1. The van der Waals surface area contributed by atoms with Crippen LogP contribution in [0.1, 0.15) is 28.4 Å². The Morgan fingerprint density at radius 3 is 2.55 bits per heavy atom. The molecular formula is C26H27ClN2O2. The van der Waals surface area contributed by atoms with Gasteiger partial charge in [0, 0.05) is 16.6 Å². The minimum Gasteiger partial charge on any atom is -0.493 e. The number of rotatable bonds is 6. The molecule has 1 aliphatic heterocycles. The van der Waals surface area contributed by atoms with Gasteiger partial charge >= 0.3 is 0 Å². The van der Waals surface area contributed by atoms with Crippen molar-refractivity contribution in [3.63, 3.8) is 0 Å². The molecule has 31 heavy (non-hydrogen) atoms. The number of aromatic amines is 1. The normalized spacial score (nSPS) is 15.2. The van der Waals surface area contributed by atoms with Crippen LogP contribution in [0.3, 0.4) is 0 Å². The van der Waals surface area contributed by atoms with Gasteiger partial charge in [0.1, 0.15) is 6.61 Å². The largest absolute Gasteiger partial charge is 0.493 e. The molecule has 1 unspecified atom stereocenters. The molecule has 5 heteroatoms. The molecule has 0 spiro atoms. The molecule has 1 aliphatic rings. The molecule has 0 amide bonds. The van der Waals surface area contributed by atoms with Crippen LogP contribution < -0.4 is 14.8 Å². The predicted octanol–water partition coefficient (Wildman–Crippen LogP) is 5.61. The lowest BCUT2D eigenvalue weighted by molar-refractivity contribution is 0.284. The summed E-state index contributed by atoms with van der Waals surface area (Å²) in [5.74, 6) is 1.55. The van der Waals surface area contributed by atoms with E-state index in [1.165, 1.54) is 27.7 Å². The zero-order valence-corrected chi connectivity index (χ0v) is 18.4. The summed E-state index contributed by atoms with van der Waals surface area (Å²) >= 11 is 0. The van der Waals surface area contributed by atoms with Crippen LogP contribution in [0.5, 0.6) is 11.5 Å². The molecule has 2 heterocycles. The van der Waals surface area contributed by atoms with Crippen molar-refractivity contribution >= 4 is 23.3 Å². The number of fused-ring (bicyclic) bond motifs is 3. The first-order valence-electron chi connectivity index (χ1n) is 10.5. The van der Waals surface area contributed by atoms with Crippen molar-refractivity contribution in [3.8, 4) is 11.5 Å². The van der Waals surface area contributed by atoms with Crippen LogP contribution in [0.4, 0.5) is 0 Å². The highest BCUT2D eigenvalue weighted by molar-refractivity contribution is 5.85. The highest BCUT2D eigenvalue weighted by Crippen LogP contribution is 2.34. The number of hydrogen-bond donors (Lipinski definition) is 2. The Labute approximate surface area is 189 Å². The first-order valence-corrected chi connectivity index (χ1v) is 10.5. The van der Waals surface area contributed by atoms with Gasteiger partial charge in [0.15, 0.2) is 11.5 Å². The lowest BCUT2D eigenvalue weighted by Crippen LogP contribution is -2.31. The third kappa shape index (κ3) is 4.41. The Bertz CT molecular complexity index is 1160. The molecule has 5 rings (SSSR count). The van der Waals surface area contributed by atoms with E-state index in [0.717, 1.165) is 36.4 Å². The van der Waals surface area contributed by atoms with Gasteiger partial charge in [-0.15, -0.1) is 12.4 Å².